The van der Waals surface area contributed by atoms with E-state index in [-0.39, 0.29) is 11.3 Å². The lowest BCUT2D eigenvalue weighted by atomic mass is 9.81. The third-order valence-corrected chi connectivity index (χ3v) is 4.38. The average Bonchev–Trinajstić information content (AvgIpc) is 2.75. The van der Waals surface area contributed by atoms with Gasteiger partial charge in [-0.05, 0) is 19.3 Å². The van der Waals surface area contributed by atoms with Crippen molar-refractivity contribution in [3.63, 3.8) is 0 Å². The molecular weight excluding hydrogens is 216 g/mol. The first-order valence-corrected chi connectivity index (χ1v) is 6.77. The second-order valence-electron chi connectivity index (χ2n) is 5.83. The van der Waals surface area contributed by atoms with Crippen molar-refractivity contribution in [2.75, 3.05) is 19.6 Å². The van der Waals surface area contributed by atoms with Gasteiger partial charge in [-0.15, -0.1) is 0 Å². The number of amides is 1. The number of carbonyl (C=O) groups is 1. The summed E-state index contributed by atoms with van der Waals surface area (Å²) in [5.74, 6) is 0.179. The number of hydrogen-bond acceptors (Lipinski definition) is 3. The average molecular weight is 240 g/mol. The van der Waals surface area contributed by atoms with Gasteiger partial charge in [0.25, 0.3) is 0 Å². The van der Waals surface area contributed by atoms with Crippen LogP contribution in [-0.2, 0) is 4.79 Å². The second-order valence-corrected chi connectivity index (χ2v) is 5.83. The summed E-state index contributed by atoms with van der Waals surface area (Å²) in [5, 5.41) is 10.1. The zero-order chi connectivity index (χ0) is 12.5. The minimum Gasteiger partial charge on any atom is -0.386 e. The van der Waals surface area contributed by atoms with E-state index in [2.05, 4.69) is 6.92 Å². The van der Waals surface area contributed by atoms with Crippen LogP contribution in [0.2, 0.25) is 0 Å². The molecule has 2 fully saturated rings. The lowest BCUT2D eigenvalue weighted by Gasteiger charge is -2.49. The van der Waals surface area contributed by atoms with Gasteiger partial charge in [-0.1, -0.05) is 26.2 Å². The fraction of sp³-hybridized carbons (Fsp3) is 0.923. The third-order valence-electron chi connectivity index (χ3n) is 4.38. The van der Waals surface area contributed by atoms with Gasteiger partial charge in [-0.3, -0.25) is 4.79 Å². The molecule has 17 heavy (non-hydrogen) atoms. The van der Waals surface area contributed by atoms with Gasteiger partial charge in [-0.2, -0.15) is 0 Å². The van der Waals surface area contributed by atoms with Crippen molar-refractivity contribution in [1.29, 1.82) is 0 Å². The van der Waals surface area contributed by atoms with E-state index in [1.807, 2.05) is 0 Å². The Hall–Kier alpha value is -0.610. The zero-order valence-electron chi connectivity index (χ0n) is 10.7. The number of carbonyl (C=O) groups excluding carboxylic acids is 1. The van der Waals surface area contributed by atoms with E-state index in [1.165, 1.54) is 0 Å². The molecule has 0 aromatic heterocycles. The number of nitrogens with two attached hydrogens (primary N) is 1. The smallest absolute Gasteiger partial charge is 0.230 e. The summed E-state index contributed by atoms with van der Waals surface area (Å²) in [6, 6.07) is 0. The van der Waals surface area contributed by atoms with Crippen LogP contribution in [0, 0.1) is 5.41 Å². The SMILES string of the molecule is CCCC1(O)CN(C(=O)C2(CN)CCCC2)C1. The lowest BCUT2D eigenvalue weighted by Crippen LogP contribution is -2.66. The highest BCUT2D eigenvalue weighted by Crippen LogP contribution is 2.41. The van der Waals surface area contributed by atoms with Gasteiger partial charge >= 0.3 is 0 Å². The molecule has 0 aromatic rings. The molecular formula is C13H24N2O2. The van der Waals surface area contributed by atoms with Gasteiger partial charge in [0.15, 0.2) is 0 Å². The molecule has 1 heterocycles. The topological polar surface area (TPSA) is 66.6 Å². The first-order chi connectivity index (χ1) is 8.05. The van der Waals surface area contributed by atoms with Crippen LogP contribution in [0.5, 0.6) is 0 Å². The summed E-state index contributed by atoms with van der Waals surface area (Å²) < 4.78 is 0. The van der Waals surface area contributed by atoms with E-state index in [1.54, 1.807) is 4.90 Å². The Balaban J connectivity index is 1.94. The fourth-order valence-electron chi connectivity index (χ4n) is 3.32. The van der Waals surface area contributed by atoms with Crippen molar-refractivity contribution < 1.29 is 9.90 Å². The Morgan fingerprint density at radius 3 is 2.41 bits per heavy atom. The Labute approximate surface area is 103 Å². The maximum atomic E-state index is 12.4. The van der Waals surface area contributed by atoms with Gasteiger partial charge in [0.05, 0.1) is 24.1 Å². The maximum absolute atomic E-state index is 12.4. The Kier molecular flexibility index (Phi) is 3.46. The molecule has 0 radical (unpaired) electrons. The molecule has 1 saturated carbocycles. The van der Waals surface area contributed by atoms with Gasteiger partial charge in [0.2, 0.25) is 5.91 Å². The van der Waals surface area contributed by atoms with Gasteiger partial charge in [0.1, 0.15) is 0 Å². The van der Waals surface area contributed by atoms with Crippen LogP contribution >= 0.6 is 0 Å². The standard InChI is InChI=1S/C13H24N2O2/c1-2-5-13(17)9-15(10-13)11(16)12(8-14)6-3-4-7-12/h17H,2-10,14H2,1H3. The van der Waals surface area contributed by atoms with Crippen molar-refractivity contribution in [2.45, 2.75) is 51.0 Å². The molecule has 1 amide bonds. The molecule has 3 N–H and O–H groups in total. The number of rotatable bonds is 4. The predicted octanol–water partition coefficient (Wildman–Crippen LogP) is 0.879. The van der Waals surface area contributed by atoms with Crippen LogP contribution in [0.1, 0.15) is 45.4 Å². The highest BCUT2D eigenvalue weighted by atomic mass is 16.3. The summed E-state index contributed by atoms with van der Waals surface area (Å²) in [7, 11) is 0. The van der Waals surface area contributed by atoms with Crippen molar-refractivity contribution in [1.82, 2.24) is 4.90 Å². The molecule has 1 saturated heterocycles. The molecule has 0 spiro atoms. The van der Waals surface area contributed by atoms with Crippen LogP contribution in [0.25, 0.3) is 0 Å². The maximum Gasteiger partial charge on any atom is 0.230 e. The highest BCUT2D eigenvalue weighted by Gasteiger charge is 2.49. The summed E-state index contributed by atoms with van der Waals surface area (Å²) in [6.07, 6.45) is 5.80. The summed E-state index contributed by atoms with van der Waals surface area (Å²) >= 11 is 0. The number of β-amino-alcohol motifs (C(OH)–C–C–N with tert-alkyl or cyclic N) is 1. The molecule has 0 bridgehead atoms. The summed E-state index contributed by atoms with van der Waals surface area (Å²) in [4.78, 5) is 14.2. The molecule has 1 aliphatic heterocycles. The van der Waals surface area contributed by atoms with E-state index in [9.17, 15) is 9.90 Å². The van der Waals surface area contributed by atoms with Crippen molar-refractivity contribution >= 4 is 5.91 Å². The zero-order valence-corrected chi connectivity index (χ0v) is 10.7. The van der Waals surface area contributed by atoms with E-state index in [0.717, 1.165) is 38.5 Å². The first-order valence-electron chi connectivity index (χ1n) is 6.77. The summed E-state index contributed by atoms with van der Waals surface area (Å²) in [5.41, 5.74) is 4.86. The minimum absolute atomic E-state index is 0.179. The van der Waals surface area contributed by atoms with Crippen LogP contribution in [0.4, 0.5) is 0 Å². The molecule has 0 unspecified atom stereocenters. The molecule has 2 rings (SSSR count). The molecule has 0 aromatic carbocycles. The minimum atomic E-state index is -0.626. The van der Waals surface area contributed by atoms with E-state index >= 15 is 0 Å². The van der Waals surface area contributed by atoms with Crippen LogP contribution in [0.3, 0.4) is 0 Å². The van der Waals surface area contributed by atoms with Crippen LogP contribution in [-0.4, -0.2) is 41.1 Å². The normalized spacial score (nSPS) is 25.7. The van der Waals surface area contributed by atoms with Gasteiger partial charge in [-0.25, -0.2) is 0 Å². The predicted molar refractivity (Wildman–Crippen MR) is 66.4 cm³/mol. The van der Waals surface area contributed by atoms with E-state index < -0.39 is 5.60 Å². The van der Waals surface area contributed by atoms with Gasteiger partial charge in [0, 0.05) is 6.54 Å². The Morgan fingerprint density at radius 1 is 1.35 bits per heavy atom. The van der Waals surface area contributed by atoms with Crippen molar-refractivity contribution in [3.05, 3.63) is 0 Å². The first kappa shape index (κ1) is 12.8. The number of nitrogens with zero attached hydrogens (tertiary/aromatic N) is 1. The highest BCUT2D eigenvalue weighted by molar-refractivity contribution is 5.84. The molecule has 4 nitrogen and oxygen atoms in total. The second kappa shape index (κ2) is 4.58. The summed E-state index contributed by atoms with van der Waals surface area (Å²) in [6.45, 7) is 3.51. The quantitative estimate of drug-likeness (QED) is 0.766. The molecule has 1 aliphatic carbocycles. The number of likely N-dealkylation sites (tertiary alicyclic amines) is 1. The number of hydrogen-bond donors (Lipinski definition) is 2. The third kappa shape index (κ3) is 2.20. The molecule has 2 aliphatic rings. The molecule has 0 atom stereocenters. The Morgan fingerprint density at radius 2 is 1.94 bits per heavy atom. The van der Waals surface area contributed by atoms with Crippen LogP contribution in [0.15, 0.2) is 0 Å². The van der Waals surface area contributed by atoms with Crippen molar-refractivity contribution in [3.8, 4) is 0 Å². The Bertz CT molecular complexity index is 292. The fourth-order valence-corrected chi connectivity index (χ4v) is 3.32. The number of aliphatic hydroxyl groups is 1. The van der Waals surface area contributed by atoms with Crippen molar-refractivity contribution in [2.24, 2.45) is 11.1 Å². The monoisotopic (exact) mass is 240 g/mol. The van der Waals surface area contributed by atoms with E-state index in [0.29, 0.717) is 19.6 Å². The lowest BCUT2D eigenvalue weighted by molar-refractivity contribution is -0.166. The molecule has 98 valence electrons. The van der Waals surface area contributed by atoms with E-state index in [4.69, 9.17) is 5.73 Å². The molecule has 4 heteroatoms. The van der Waals surface area contributed by atoms with Crippen LogP contribution < -0.4 is 5.73 Å². The largest absolute Gasteiger partial charge is 0.386 e. The van der Waals surface area contributed by atoms with Gasteiger partial charge < -0.3 is 15.7 Å².